The van der Waals surface area contributed by atoms with Crippen molar-refractivity contribution in [3.8, 4) is 5.75 Å². The predicted octanol–water partition coefficient (Wildman–Crippen LogP) is 4.24. The number of rotatable bonds is 8. The summed E-state index contributed by atoms with van der Waals surface area (Å²) in [5.41, 5.74) is 4.41. The lowest BCUT2D eigenvalue weighted by Crippen LogP contribution is -2.24. The highest BCUT2D eigenvalue weighted by molar-refractivity contribution is 6.49. The van der Waals surface area contributed by atoms with Gasteiger partial charge in [0.25, 0.3) is 5.56 Å². The second-order valence-electron chi connectivity index (χ2n) is 7.40. The largest absolute Gasteiger partial charge is 0.494 e. The van der Waals surface area contributed by atoms with Gasteiger partial charge in [-0.3, -0.25) is 4.79 Å². The Morgan fingerprint density at radius 2 is 1.90 bits per heavy atom. The molecule has 0 atom stereocenters. The van der Waals surface area contributed by atoms with Crippen LogP contribution >= 0.6 is 0 Å². The number of aryl methyl sites for hydroxylation is 1. The van der Waals surface area contributed by atoms with Crippen LogP contribution in [-0.4, -0.2) is 41.3 Å². The number of hydrogen-bond acceptors (Lipinski definition) is 6. The van der Waals surface area contributed by atoms with Crippen LogP contribution in [0, 0.1) is 13.8 Å². The van der Waals surface area contributed by atoms with E-state index in [0.29, 0.717) is 34.2 Å². The maximum atomic E-state index is 12.7. The van der Waals surface area contributed by atoms with E-state index in [1.165, 1.54) is 4.68 Å². The molecular formula is C23H31N5O2. The third kappa shape index (κ3) is 4.01. The summed E-state index contributed by atoms with van der Waals surface area (Å²) in [6, 6.07) is 6.01. The molecule has 0 radical (unpaired) electrons. The number of hydrogen-bond donors (Lipinski definition) is 0. The molecule has 1 aliphatic rings. The number of anilines is 1. The van der Waals surface area contributed by atoms with Gasteiger partial charge in [-0.2, -0.15) is 9.78 Å². The molecule has 0 N–H and O–H groups in total. The Kier molecular flexibility index (Phi) is 6.70. The summed E-state index contributed by atoms with van der Waals surface area (Å²) in [5.74, 6) is 1.19. The summed E-state index contributed by atoms with van der Waals surface area (Å²) < 4.78 is 7.04. The molecule has 0 unspecified atom stereocenters. The first-order chi connectivity index (χ1) is 14.4. The van der Waals surface area contributed by atoms with E-state index in [1.807, 2.05) is 25.1 Å². The van der Waals surface area contributed by atoms with Crippen LogP contribution in [0.5, 0.6) is 5.75 Å². The molecule has 0 fully saturated rings. The van der Waals surface area contributed by atoms with Crippen LogP contribution in [0.1, 0.15) is 57.1 Å². The van der Waals surface area contributed by atoms with Crippen molar-refractivity contribution in [1.82, 2.24) is 9.66 Å². The van der Waals surface area contributed by atoms with Crippen LogP contribution in [0.25, 0.3) is 0 Å². The normalized spacial score (nSPS) is 14.1. The van der Waals surface area contributed by atoms with Crippen LogP contribution in [-0.2, 0) is 0 Å². The number of unbranched alkanes of at least 4 members (excludes halogenated alkanes) is 1. The quantitative estimate of drug-likeness (QED) is 0.654. The second kappa shape index (κ2) is 9.24. The van der Waals surface area contributed by atoms with E-state index in [0.717, 1.165) is 43.8 Å². The van der Waals surface area contributed by atoms with Gasteiger partial charge < -0.3 is 9.64 Å². The van der Waals surface area contributed by atoms with Gasteiger partial charge in [-0.05, 0) is 52.7 Å². The summed E-state index contributed by atoms with van der Waals surface area (Å²) in [5, 5.41) is 4.57. The summed E-state index contributed by atoms with van der Waals surface area (Å²) >= 11 is 0. The Morgan fingerprint density at radius 3 is 2.53 bits per heavy atom. The van der Waals surface area contributed by atoms with Gasteiger partial charge in [0.15, 0.2) is 5.82 Å². The van der Waals surface area contributed by atoms with Crippen molar-refractivity contribution in [2.24, 2.45) is 10.1 Å². The number of methoxy groups -OCH3 is 1. The highest BCUT2D eigenvalue weighted by atomic mass is 16.5. The number of aromatic nitrogens is 2. The zero-order valence-electron chi connectivity index (χ0n) is 18.8. The van der Waals surface area contributed by atoms with Crippen molar-refractivity contribution in [3.63, 3.8) is 0 Å². The molecule has 0 amide bonds. The lowest BCUT2D eigenvalue weighted by molar-refractivity contribution is 0.416. The van der Waals surface area contributed by atoms with Crippen molar-refractivity contribution in [2.75, 3.05) is 25.1 Å². The minimum Gasteiger partial charge on any atom is -0.494 e. The summed E-state index contributed by atoms with van der Waals surface area (Å²) in [6.07, 6.45) is 2.75. The summed E-state index contributed by atoms with van der Waals surface area (Å²) in [4.78, 5) is 24.5. The first kappa shape index (κ1) is 21.7. The van der Waals surface area contributed by atoms with Gasteiger partial charge in [-0.1, -0.05) is 13.3 Å². The molecule has 0 saturated heterocycles. The zero-order valence-corrected chi connectivity index (χ0v) is 18.8. The standard InChI is InChI=1S/C23H31N5O2/c1-7-10-11-19-21(22-24-16(5)15(4)23(29)28(22)26-19)25-18-13-12-17(14-20(18)30-6)27(8-2)9-3/h12-14H,7-11H2,1-6H3. The van der Waals surface area contributed by atoms with E-state index >= 15 is 0 Å². The smallest absolute Gasteiger partial charge is 0.277 e. The third-order valence-electron chi connectivity index (χ3n) is 5.53. The van der Waals surface area contributed by atoms with Crippen LogP contribution in [0.3, 0.4) is 0 Å². The molecule has 0 saturated carbocycles. The van der Waals surface area contributed by atoms with E-state index in [2.05, 4.69) is 35.8 Å². The maximum Gasteiger partial charge on any atom is 0.277 e. The van der Waals surface area contributed by atoms with Gasteiger partial charge in [0.1, 0.15) is 17.1 Å². The number of nitrogens with zero attached hydrogens (tertiary/aromatic N) is 5. The van der Waals surface area contributed by atoms with Gasteiger partial charge in [0.2, 0.25) is 0 Å². The van der Waals surface area contributed by atoms with Crippen molar-refractivity contribution in [3.05, 3.63) is 45.6 Å². The van der Waals surface area contributed by atoms with Gasteiger partial charge in [-0.25, -0.2) is 9.98 Å². The molecule has 2 heterocycles. The van der Waals surface area contributed by atoms with E-state index in [-0.39, 0.29) is 5.56 Å². The van der Waals surface area contributed by atoms with E-state index in [1.54, 1.807) is 14.0 Å². The summed E-state index contributed by atoms with van der Waals surface area (Å²) in [6.45, 7) is 11.9. The molecule has 7 nitrogen and oxygen atoms in total. The van der Waals surface area contributed by atoms with Crippen molar-refractivity contribution in [1.29, 1.82) is 0 Å². The number of fused-ring (bicyclic) bond motifs is 1. The minimum atomic E-state index is -0.138. The van der Waals surface area contributed by atoms with Crippen LogP contribution in [0.4, 0.5) is 11.4 Å². The molecule has 7 heteroatoms. The first-order valence-electron chi connectivity index (χ1n) is 10.7. The monoisotopic (exact) mass is 409 g/mol. The SMILES string of the molecule is CCCCC1=Nn2c(nc(C)c(C)c2=O)C1=Nc1ccc(N(CC)CC)cc1OC. The Balaban J connectivity index is 2.13. The molecule has 3 rings (SSSR count). The predicted molar refractivity (Wildman–Crippen MR) is 123 cm³/mol. The van der Waals surface area contributed by atoms with Crippen molar-refractivity contribution in [2.45, 2.75) is 53.9 Å². The molecule has 30 heavy (non-hydrogen) atoms. The minimum absolute atomic E-state index is 0.138. The van der Waals surface area contributed by atoms with Crippen molar-refractivity contribution >= 4 is 22.8 Å². The second-order valence-corrected chi connectivity index (χ2v) is 7.40. The lowest BCUT2D eigenvalue weighted by Gasteiger charge is -2.22. The molecule has 2 aromatic rings. The van der Waals surface area contributed by atoms with Crippen LogP contribution in [0.15, 0.2) is 33.1 Å². The fraction of sp³-hybridized carbons (Fsp3) is 0.478. The maximum absolute atomic E-state index is 12.7. The summed E-state index contributed by atoms with van der Waals surface area (Å²) in [7, 11) is 1.65. The number of ether oxygens (including phenoxy) is 1. The fourth-order valence-electron chi connectivity index (χ4n) is 3.53. The van der Waals surface area contributed by atoms with E-state index in [9.17, 15) is 4.79 Å². The Morgan fingerprint density at radius 1 is 1.17 bits per heavy atom. The van der Waals surface area contributed by atoms with Gasteiger partial charge in [-0.15, -0.1) is 0 Å². The van der Waals surface area contributed by atoms with Gasteiger partial charge >= 0.3 is 0 Å². The molecule has 0 bridgehead atoms. The molecule has 0 spiro atoms. The highest BCUT2D eigenvalue weighted by Crippen LogP contribution is 2.33. The Labute approximate surface area is 178 Å². The average molecular weight is 410 g/mol. The van der Waals surface area contributed by atoms with Gasteiger partial charge in [0.05, 0.1) is 12.8 Å². The molecule has 160 valence electrons. The van der Waals surface area contributed by atoms with Crippen LogP contribution in [0.2, 0.25) is 0 Å². The zero-order chi connectivity index (χ0) is 21.8. The highest BCUT2D eigenvalue weighted by Gasteiger charge is 2.27. The topological polar surface area (TPSA) is 72.1 Å². The molecule has 0 aliphatic carbocycles. The Bertz CT molecular complexity index is 1050. The van der Waals surface area contributed by atoms with Crippen molar-refractivity contribution < 1.29 is 4.74 Å². The first-order valence-corrected chi connectivity index (χ1v) is 10.7. The lowest BCUT2D eigenvalue weighted by atomic mass is 10.1. The molecule has 1 aromatic heterocycles. The van der Waals surface area contributed by atoms with Crippen LogP contribution < -0.4 is 15.2 Å². The van der Waals surface area contributed by atoms with Gasteiger partial charge in [0, 0.05) is 36.1 Å². The number of benzene rings is 1. The van der Waals surface area contributed by atoms with E-state index in [4.69, 9.17) is 9.73 Å². The Hall–Kier alpha value is -2.96. The van der Waals surface area contributed by atoms with E-state index < -0.39 is 0 Å². The fourth-order valence-corrected chi connectivity index (χ4v) is 3.53. The molecule has 1 aliphatic heterocycles. The number of aliphatic imine (C=N–C) groups is 1. The average Bonchev–Trinajstić information content (AvgIpc) is 3.09. The molecular weight excluding hydrogens is 378 g/mol. The molecule has 1 aromatic carbocycles. The third-order valence-corrected chi connectivity index (χ3v) is 5.53.